The second-order valence-corrected chi connectivity index (χ2v) is 35.0. The number of aromatic nitrogens is 4. The third kappa shape index (κ3) is 21.6. The van der Waals surface area contributed by atoms with Gasteiger partial charge in [-0.1, -0.05) is 24.3 Å². The molecule has 8 aliphatic heterocycles. The second-order valence-electron chi connectivity index (χ2n) is 35.0. The first-order valence-corrected chi connectivity index (χ1v) is 43.1. The highest BCUT2D eigenvalue weighted by molar-refractivity contribution is 5.86. The summed E-state index contributed by atoms with van der Waals surface area (Å²) in [6.45, 7) is 14.9. The SMILES string of the molecule is O=C(O)CN1CCC2(CC1)CCN(CCCc1ccc3c(n1)CCCC3)C2=O.O=C(O)CN1CCC2(CC1)CCN(CCc1ccc3c(n1)CCCC3)C2.O=C(O)CN1CCC2(CCCN(CCCc3ccc4c(n3)CCCC4)C2=O)CC1.O=C(O)CN1CCC2(CCCN(CCc3ccc4c(n3)CCCC4)C2=O)CC1. The van der Waals surface area contributed by atoms with E-state index in [1.807, 2.05) is 24.5 Å². The molecule has 16 rings (SSSR count). The molecule has 8 saturated heterocycles. The van der Waals surface area contributed by atoms with E-state index in [1.165, 1.54) is 128 Å². The van der Waals surface area contributed by atoms with E-state index >= 15 is 0 Å². The predicted molar refractivity (Wildman–Crippen MR) is 424 cm³/mol. The summed E-state index contributed by atoms with van der Waals surface area (Å²) in [5.41, 5.74) is 15.2. The zero-order valence-corrected chi connectivity index (χ0v) is 66.4. The molecule has 0 atom stereocenters. The lowest BCUT2D eigenvalue weighted by molar-refractivity contribution is -0.151. The summed E-state index contributed by atoms with van der Waals surface area (Å²) in [5.74, 6) is -2.18. The van der Waals surface area contributed by atoms with Gasteiger partial charge in [0.25, 0.3) is 0 Å². The number of fused-ring (bicyclic) bond motifs is 4. The minimum atomic E-state index is -0.787. The fraction of sp³-hybridized carbons (Fsp3) is 0.693. The zero-order valence-electron chi connectivity index (χ0n) is 66.4. The highest BCUT2D eigenvalue weighted by Crippen LogP contribution is 2.45. The number of rotatable bonds is 22. The van der Waals surface area contributed by atoms with Crippen molar-refractivity contribution in [1.29, 1.82) is 0 Å². The van der Waals surface area contributed by atoms with Gasteiger partial charge in [0, 0.05) is 111 Å². The lowest BCUT2D eigenvalue weighted by Gasteiger charge is -2.46. The van der Waals surface area contributed by atoms with Gasteiger partial charge in [0.1, 0.15) is 0 Å². The number of likely N-dealkylation sites (tertiary alicyclic amines) is 8. The molecule has 23 heteroatoms. The molecule has 4 N–H and O–H groups in total. The van der Waals surface area contributed by atoms with Crippen LogP contribution in [0.2, 0.25) is 0 Å². The summed E-state index contributed by atoms with van der Waals surface area (Å²) in [4.78, 5) is 119. The van der Waals surface area contributed by atoms with Crippen LogP contribution in [0, 0.1) is 21.7 Å². The van der Waals surface area contributed by atoms with Gasteiger partial charge < -0.3 is 40.0 Å². The van der Waals surface area contributed by atoms with Crippen molar-refractivity contribution >= 4 is 41.6 Å². The molecule has 4 aliphatic carbocycles. The van der Waals surface area contributed by atoms with Crippen molar-refractivity contribution in [2.45, 2.75) is 231 Å². The monoisotopic (exact) mass is 1530 g/mol. The molecule has 12 heterocycles. The number of carboxylic acids is 4. The molecule has 4 spiro atoms. The van der Waals surface area contributed by atoms with Crippen molar-refractivity contribution in [2.24, 2.45) is 21.7 Å². The summed E-state index contributed by atoms with van der Waals surface area (Å²) < 4.78 is 0. The summed E-state index contributed by atoms with van der Waals surface area (Å²) >= 11 is 0. The van der Waals surface area contributed by atoms with Crippen LogP contribution in [-0.4, -0.2) is 259 Å². The molecule has 111 heavy (non-hydrogen) atoms. The molecular weight excluding hydrogens is 1400 g/mol. The van der Waals surface area contributed by atoms with E-state index in [9.17, 15) is 33.6 Å². The molecule has 4 aromatic rings. The van der Waals surface area contributed by atoms with Crippen molar-refractivity contribution in [3.05, 3.63) is 116 Å². The summed E-state index contributed by atoms with van der Waals surface area (Å²) in [6, 6.07) is 17.7. The van der Waals surface area contributed by atoms with Gasteiger partial charge in [0.2, 0.25) is 17.7 Å². The molecule has 604 valence electrons. The Morgan fingerprint density at radius 2 is 0.577 bits per heavy atom. The number of aliphatic carboxylic acids is 4. The largest absolute Gasteiger partial charge is 0.480 e. The van der Waals surface area contributed by atoms with E-state index in [0.717, 1.165) is 243 Å². The number of hydrogen-bond donors (Lipinski definition) is 4. The van der Waals surface area contributed by atoms with Gasteiger partial charge in [0.15, 0.2) is 0 Å². The molecule has 3 amide bonds. The number of hydrogen-bond acceptors (Lipinski definition) is 16. The Morgan fingerprint density at radius 3 is 0.928 bits per heavy atom. The smallest absolute Gasteiger partial charge is 0.317 e. The average molecular weight is 1530 g/mol. The number of carboxylic acid groups (broad SMARTS) is 4. The highest BCUT2D eigenvalue weighted by atomic mass is 16.4. The number of carbonyl (C=O) groups excluding carboxylic acids is 3. The van der Waals surface area contributed by atoms with Crippen LogP contribution in [-0.2, 0) is 111 Å². The van der Waals surface area contributed by atoms with Crippen molar-refractivity contribution in [1.82, 2.24) is 59.1 Å². The Labute approximate surface area is 658 Å². The van der Waals surface area contributed by atoms with Crippen LogP contribution in [0.4, 0.5) is 0 Å². The van der Waals surface area contributed by atoms with Gasteiger partial charge in [-0.15, -0.1) is 0 Å². The second kappa shape index (κ2) is 38.2. The molecule has 0 saturated carbocycles. The fourth-order valence-corrected chi connectivity index (χ4v) is 20.7. The van der Waals surface area contributed by atoms with E-state index in [4.69, 9.17) is 40.4 Å². The molecule has 23 nitrogen and oxygen atoms in total. The third-order valence-corrected chi connectivity index (χ3v) is 27.5. The van der Waals surface area contributed by atoms with Gasteiger partial charge in [0.05, 0.1) is 42.4 Å². The van der Waals surface area contributed by atoms with Gasteiger partial charge in [-0.25, -0.2) is 0 Å². The lowest BCUT2D eigenvalue weighted by atomic mass is 9.71. The van der Waals surface area contributed by atoms with Crippen LogP contribution in [0.1, 0.15) is 222 Å². The Bertz CT molecular complexity index is 3870. The van der Waals surface area contributed by atoms with E-state index < -0.39 is 23.9 Å². The number of aryl methyl sites for hydroxylation is 10. The predicted octanol–water partition coefficient (Wildman–Crippen LogP) is 9.64. The highest BCUT2D eigenvalue weighted by Gasteiger charge is 2.50. The van der Waals surface area contributed by atoms with Crippen molar-refractivity contribution in [2.75, 3.05) is 137 Å². The van der Waals surface area contributed by atoms with Crippen molar-refractivity contribution in [3.8, 4) is 0 Å². The molecular formula is C88H126N12O11. The third-order valence-electron chi connectivity index (χ3n) is 27.5. The Morgan fingerprint density at radius 1 is 0.297 bits per heavy atom. The molecule has 0 radical (unpaired) electrons. The molecule has 0 aromatic carbocycles. The molecule has 0 bridgehead atoms. The van der Waals surface area contributed by atoms with Crippen LogP contribution < -0.4 is 0 Å². The molecule has 0 unspecified atom stereocenters. The minimum absolute atomic E-state index is 0.0813. The first-order valence-electron chi connectivity index (χ1n) is 43.1. The van der Waals surface area contributed by atoms with Crippen molar-refractivity contribution in [3.63, 3.8) is 0 Å². The minimum Gasteiger partial charge on any atom is -0.480 e. The maximum absolute atomic E-state index is 13.3. The van der Waals surface area contributed by atoms with E-state index in [0.29, 0.717) is 56.5 Å². The first-order chi connectivity index (χ1) is 53.8. The van der Waals surface area contributed by atoms with Crippen LogP contribution >= 0.6 is 0 Å². The summed E-state index contributed by atoms with van der Waals surface area (Å²) in [7, 11) is 0. The average Bonchev–Trinajstić information content (AvgIpc) is 1.50. The lowest BCUT2D eigenvalue weighted by Crippen LogP contribution is -2.54. The summed E-state index contributed by atoms with van der Waals surface area (Å²) in [6.07, 6.45) is 38.1. The zero-order chi connectivity index (χ0) is 77.4. The quantitative estimate of drug-likeness (QED) is 0.0570. The Hall–Kier alpha value is -7.31. The van der Waals surface area contributed by atoms with E-state index in [1.54, 1.807) is 0 Å². The Balaban J connectivity index is 0.000000130. The Kier molecular flexibility index (Phi) is 28.1. The van der Waals surface area contributed by atoms with Gasteiger partial charge in [-0.3, -0.25) is 73.1 Å². The van der Waals surface area contributed by atoms with Gasteiger partial charge in [-0.2, -0.15) is 0 Å². The topological polar surface area (TPSA) is 278 Å². The normalized spacial score (nSPS) is 22.3. The van der Waals surface area contributed by atoms with Crippen LogP contribution in [0.3, 0.4) is 0 Å². The van der Waals surface area contributed by atoms with Crippen LogP contribution in [0.5, 0.6) is 0 Å². The van der Waals surface area contributed by atoms with Crippen molar-refractivity contribution < 1.29 is 54.0 Å². The molecule has 8 fully saturated rings. The summed E-state index contributed by atoms with van der Waals surface area (Å²) in [5, 5.41) is 35.9. The van der Waals surface area contributed by atoms with E-state index in [2.05, 4.69) is 63.2 Å². The number of carbonyl (C=O) groups is 7. The number of pyridine rings is 4. The first kappa shape index (κ1) is 81.7. The standard InChI is InChI=1S/C23H33N3O3.2C22H31N3O3.C21H31N3O2/c27-21(28)17-25-15-11-23(12-16-25)10-4-14-26(22(23)29)13-3-6-19-9-8-18-5-1-2-7-20(18)24-19;26-20(27)16-24-13-9-22(10-14-24)11-15-25(21(22)28)12-3-5-18-8-7-17-4-1-2-6-19(17)23-18;26-20(27)16-24-14-10-22(11-15-24)9-3-12-25(21(22)28)13-8-18-7-6-17-4-1-2-5-19(17)23-18;25-20(26)15-23-12-8-21(9-13-23)10-14-24(16-21)11-7-18-6-5-17-3-1-2-4-19(17)22-18/h8-9H,1-7,10-17H2,(H,27,28);7-8H,1-6,9-16H2,(H,26,27);6-7H,1-5,8-16H2,(H,26,27);5-6H,1-4,7-16H2,(H,25,26). The maximum atomic E-state index is 13.3. The van der Waals surface area contributed by atoms with Crippen LogP contribution in [0.25, 0.3) is 0 Å². The van der Waals surface area contributed by atoms with E-state index in [-0.39, 0.29) is 48.3 Å². The number of piperidine rings is 6. The maximum Gasteiger partial charge on any atom is 0.317 e. The molecule has 4 aromatic heterocycles. The number of amides is 3. The van der Waals surface area contributed by atoms with Gasteiger partial charge >= 0.3 is 23.9 Å². The fourth-order valence-electron chi connectivity index (χ4n) is 20.7. The van der Waals surface area contributed by atoms with Crippen LogP contribution in [0.15, 0.2) is 48.5 Å². The number of nitrogens with zero attached hydrogens (tertiary/aromatic N) is 12. The molecule has 12 aliphatic rings. The van der Waals surface area contributed by atoms with Gasteiger partial charge in [-0.05, 0) is 329 Å².